The molecule has 1 aromatic heterocycles. The molecule has 3 heteroatoms. The van der Waals surface area contributed by atoms with E-state index in [0.717, 1.165) is 34.2 Å². The third-order valence-corrected chi connectivity index (χ3v) is 2.64. The van der Waals surface area contributed by atoms with Gasteiger partial charge in [-0.3, -0.25) is 0 Å². The Balaban J connectivity index is 2.32. The number of hydrogen-bond donors (Lipinski definition) is 1. The topological polar surface area (TPSA) is 25.2 Å². The van der Waals surface area contributed by atoms with Gasteiger partial charge >= 0.3 is 0 Å². The van der Waals surface area contributed by atoms with Crippen LogP contribution in [0.1, 0.15) is 5.76 Å². The van der Waals surface area contributed by atoms with Crippen LogP contribution in [0.3, 0.4) is 0 Å². The van der Waals surface area contributed by atoms with E-state index < -0.39 is 0 Å². The van der Waals surface area contributed by atoms with E-state index in [0.29, 0.717) is 0 Å². The summed E-state index contributed by atoms with van der Waals surface area (Å²) < 4.78 is 6.75. The summed E-state index contributed by atoms with van der Waals surface area (Å²) in [5.74, 6) is 1.03. The molecule has 0 spiro atoms. The van der Waals surface area contributed by atoms with Gasteiger partial charge in [-0.15, -0.1) is 0 Å². The molecule has 0 aliphatic carbocycles. The van der Waals surface area contributed by atoms with Gasteiger partial charge in [-0.2, -0.15) is 0 Å². The first-order valence-electron chi connectivity index (χ1n) is 4.62. The normalized spacial score (nSPS) is 11.0. The lowest BCUT2D eigenvalue weighted by Crippen LogP contribution is -2.09. The van der Waals surface area contributed by atoms with Gasteiger partial charge in [0.15, 0.2) is 0 Å². The molecule has 0 bridgehead atoms. The predicted molar refractivity (Wildman–Crippen MR) is 61.5 cm³/mol. The first kappa shape index (κ1) is 9.74. The summed E-state index contributed by atoms with van der Waals surface area (Å²) in [4.78, 5) is 0. The largest absolute Gasteiger partial charge is 0.461 e. The molecule has 1 N–H and O–H groups in total. The number of benzene rings is 1. The van der Waals surface area contributed by atoms with Gasteiger partial charge in [0, 0.05) is 22.8 Å². The van der Waals surface area contributed by atoms with Crippen LogP contribution < -0.4 is 5.32 Å². The number of halogens is 1. The van der Waals surface area contributed by atoms with Gasteiger partial charge in [-0.1, -0.05) is 15.9 Å². The Hall–Kier alpha value is -0.800. The van der Waals surface area contributed by atoms with Gasteiger partial charge in [0.05, 0.1) is 0 Å². The molecule has 0 radical (unpaired) electrons. The third-order valence-electron chi connectivity index (χ3n) is 2.15. The van der Waals surface area contributed by atoms with E-state index in [4.69, 9.17) is 4.42 Å². The zero-order valence-electron chi connectivity index (χ0n) is 8.01. The van der Waals surface area contributed by atoms with Crippen molar-refractivity contribution < 1.29 is 4.42 Å². The maximum atomic E-state index is 5.66. The van der Waals surface area contributed by atoms with E-state index in [1.165, 1.54) is 0 Å². The monoisotopic (exact) mass is 253 g/mol. The van der Waals surface area contributed by atoms with Crippen molar-refractivity contribution in [3.05, 3.63) is 34.5 Å². The molecule has 74 valence electrons. The SMILES string of the molecule is CNCCc1cc2cc(Br)ccc2o1. The van der Waals surface area contributed by atoms with Crippen molar-refractivity contribution in [3.8, 4) is 0 Å². The fourth-order valence-electron chi connectivity index (χ4n) is 1.44. The number of furan rings is 1. The molecule has 0 amide bonds. The highest BCUT2D eigenvalue weighted by molar-refractivity contribution is 9.10. The van der Waals surface area contributed by atoms with Crippen molar-refractivity contribution >= 4 is 26.9 Å². The van der Waals surface area contributed by atoms with E-state index >= 15 is 0 Å². The average molecular weight is 254 g/mol. The average Bonchev–Trinajstić information content (AvgIpc) is 2.56. The summed E-state index contributed by atoms with van der Waals surface area (Å²) >= 11 is 3.44. The maximum Gasteiger partial charge on any atom is 0.134 e. The van der Waals surface area contributed by atoms with Crippen LogP contribution >= 0.6 is 15.9 Å². The van der Waals surface area contributed by atoms with Gasteiger partial charge in [-0.05, 0) is 31.3 Å². The Morgan fingerprint density at radius 3 is 3.00 bits per heavy atom. The Kier molecular flexibility index (Phi) is 2.89. The van der Waals surface area contributed by atoms with Gasteiger partial charge in [0.25, 0.3) is 0 Å². The van der Waals surface area contributed by atoms with Crippen LogP contribution in [0.5, 0.6) is 0 Å². The number of rotatable bonds is 3. The molecule has 2 nitrogen and oxygen atoms in total. The van der Waals surface area contributed by atoms with Crippen LogP contribution in [-0.4, -0.2) is 13.6 Å². The van der Waals surface area contributed by atoms with Gasteiger partial charge in [0.1, 0.15) is 11.3 Å². The molecule has 1 heterocycles. The van der Waals surface area contributed by atoms with E-state index in [1.807, 2.05) is 19.2 Å². The molecule has 0 fully saturated rings. The smallest absolute Gasteiger partial charge is 0.134 e. The number of likely N-dealkylation sites (N-methyl/N-ethyl adjacent to an activating group) is 1. The number of hydrogen-bond acceptors (Lipinski definition) is 2. The van der Waals surface area contributed by atoms with Crippen LogP contribution in [0.25, 0.3) is 11.0 Å². The fraction of sp³-hybridized carbons (Fsp3) is 0.273. The Morgan fingerprint density at radius 1 is 1.36 bits per heavy atom. The lowest BCUT2D eigenvalue weighted by molar-refractivity contribution is 0.541. The highest BCUT2D eigenvalue weighted by atomic mass is 79.9. The van der Waals surface area contributed by atoms with Crippen molar-refractivity contribution in [1.82, 2.24) is 5.32 Å². The molecular formula is C11H12BrNO. The lowest BCUT2D eigenvalue weighted by Gasteiger charge is -1.93. The van der Waals surface area contributed by atoms with Crippen molar-refractivity contribution in [1.29, 1.82) is 0 Å². The molecule has 0 unspecified atom stereocenters. The Labute approximate surface area is 91.4 Å². The fourth-order valence-corrected chi connectivity index (χ4v) is 1.82. The minimum absolute atomic E-state index is 0.933. The Morgan fingerprint density at radius 2 is 2.21 bits per heavy atom. The van der Waals surface area contributed by atoms with E-state index in [1.54, 1.807) is 0 Å². The summed E-state index contributed by atoms with van der Waals surface area (Å²) in [6.07, 6.45) is 0.933. The minimum Gasteiger partial charge on any atom is -0.461 e. The maximum absolute atomic E-state index is 5.66. The number of fused-ring (bicyclic) bond motifs is 1. The second-order valence-corrected chi connectivity index (χ2v) is 4.16. The second kappa shape index (κ2) is 4.15. The van der Waals surface area contributed by atoms with Gasteiger partial charge < -0.3 is 9.73 Å². The molecule has 1 aromatic carbocycles. The molecule has 2 aromatic rings. The van der Waals surface area contributed by atoms with Gasteiger partial charge in [-0.25, -0.2) is 0 Å². The van der Waals surface area contributed by atoms with Crippen molar-refractivity contribution in [2.45, 2.75) is 6.42 Å². The quantitative estimate of drug-likeness (QED) is 0.910. The van der Waals surface area contributed by atoms with Crippen LogP contribution in [0.2, 0.25) is 0 Å². The summed E-state index contributed by atoms with van der Waals surface area (Å²) in [6, 6.07) is 8.15. The van der Waals surface area contributed by atoms with E-state index in [9.17, 15) is 0 Å². The predicted octanol–water partition coefficient (Wildman–Crippen LogP) is 2.96. The van der Waals surface area contributed by atoms with Crippen LogP contribution in [0, 0.1) is 0 Å². The first-order chi connectivity index (χ1) is 6.79. The van der Waals surface area contributed by atoms with Crippen LogP contribution in [0.4, 0.5) is 0 Å². The molecule has 14 heavy (non-hydrogen) atoms. The minimum atomic E-state index is 0.933. The van der Waals surface area contributed by atoms with Gasteiger partial charge in [0.2, 0.25) is 0 Å². The van der Waals surface area contributed by atoms with E-state index in [-0.39, 0.29) is 0 Å². The molecule has 0 atom stereocenters. The highest BCUT2D eigenvalue weighted by Gasteiger charge is 2.02. The first-order valence-corrected chi connectivity index (χ1v) is 5.41. The van der Waals surface area contributed by atoms with Crippen molar-refractivity contribution in [2.75, 3.05) is 13.6 Å². The van der Waals surface area contributed by atoms with Crippen molar-refractivity contribution in [3.63, 3.8) is 0 Å². The zero-order chi connectivity index (χ0) is 9.97. The second-order valence-electron chi connectivity index (χ2n) is 3.25. The highest BCUT2D eigenvalue weighted by Crippen LogP contribution is 2.23. The summed E-state index contributed by atoms with van der Waals surface area (Å²) in [5, 5.41) is 4.26. The molecule has 0 saturated heterocycles. The summed E-state index contributed by atoms with van der Waals surface area (Å²) in [7, 11) is 1.94. The third kappa shape index (κ3) is 1.99. The molecule has 0 aliphatic heterocycles. The Bertz CT molecular complexity index is 436. The molecular weight excluding hydrogens is 242 g/mol. The zero-order valence-corrected chi connectivity index (χ0v) is 9.60. The summed E-state index contributed by atoms with van der Waals surface area (Å²) in [6.45, 7) is 0.945. The van der Waals surface area contributed by atoms with E-state index in [2.05, 4.69) is 33.4 Å². The summed E-state index contributed by atoms with van der Waals surface area (Å²) in [5.41, 5.74) is 0.958. The van der Waals surface area contributed by atoms with Crippen LogP contribution in [0.15, 0.2) is 33.2 Å². The van der Waals surface area contributed by atoms with Crippen molar-refractivity contribution in [2.24, 2.45) is 0 Å². The standard InChI is InChI=1S/C11H12BrNO/c1-13-5-4-10-7-8-6-9(12)2-3-11(8)14-10/h2-3,6-7,13H,4-5H2,1H3. The molecule has 0 saturated carbocycles. The molecule has 2 rings (SSSR count). The molecule has 0 aliphatic rings. The number of nitrogens with one attached hydrogen (secondary N) is 1. The lowest BCUT2D eigenvalue weighted by atomic mass is 10.2. The van der Waals surface area contributed by atoms with Crippen LogP contribution in [-0.2, 0) is 6.42 Å².